The zero-order valence-electron chi connectivity index (χ0n) is 14.6. The first-order valence-electron chi connectivity index (χ1n) is 8.64. The van der Waals surface area contributed by atoms with Gasteiger partial charge in [0, 0.05) is 35.0 Å². The fourth-order valence-corrected chi connectivity index (χ4v) is 3.38. The average Bonchev–Trinajstić information content (AvgIpc) is 3.14. The third-order valence-electron chi connectivity index (χ3n) is 4.57. The largest absolute Gasteiger partial charge is 0.487 e. The molecule has 2 heterocycles. The van der Waals surface area contributed by atoms with E-state index in [0.717, 1.165) is 17.2 Å². The van der Waals surface area contributed by atoms with E-state index in [2.05, 4.69) is 10.3 Å². The fraction of sp³-hybridized carbons (Fsp3) is 0.143. The van der Waals surface area contributed by atoms with Crippen molar-refractivity contribution in [3.8, 4) is 16.9 Å². The lowest BCUT2D eigenvalue weighted by Gasteiger charge is -2.14. The van der Waals surface area contributed by atoms with Crippen LogP contribution in [0, 0.1) is 11.6 Å². The van der Waals surface area contributed by atoms with Gasteiger partial charge in [0.15, 0.2) is 0 Å². The lowest BCUT2D eigenvalue weighted by molar-refractivity contribution is 0.0929. The summed E-state index contributed by atoms with van der Waals surface area (Å²) in [4.78, 5) is 16.2. The molecule has 4 nitrogen and oxygen atoms in total. The summed E-state index contributed by atoms with van der Waals surface area (Å²) < 4.78 is 34.0. The highest BCUT2D eigenvalue weighted by Crippen LogP contribution is 2.40. The number of benzene rings is 2. The third-order valence-corrected chi connectivity index (χ3v) is 4.81. The summed E-state index contributed by atoms with van der Waals surface area (Å²) in [5.41, 5.74) is 1.93. The van der Waals surface area contributed by atoms with E-state index in [1.165, 1.54) is 18.2 Å². The molecule has 2 aromatic carbocycles. The Balaban J connectivity index is 1.50. The summed E-state index contributed by atoms with van der Waals surface area (Å²) in [5, 5.41) is 2.89. The van der Waals surface area contributed by atoms with Gasteiger partial charge in [-0.25, -0.2) is 8.78 Å². The third kappa shape index (κ3) is 3.55. The van der Waals surface area contributed by atoms with Gasteiger partial charge in [0.05, 0.1) is 12.1 Å². The van der Waals surface area contributed by atoms with E-state index < -0.39 is 17.8 Å². The lowest BCUT2D eigenvalue weighted by Crippen LogP contribution is -2.34. The maximum atomic E-state index is 14.3. The molecule has 7 heteroatoms. The van der Waals surface area contributed by atoms with Gasteiger partial charge in [-0.2, -0.15) is 0 Å². The van der Waals surface area contributed by atoms with Crippen molar-refractivity contribution in [3.63, 3.8) is 0 Å². The first-order chi connectivity index (χ1) is 13.5. The summed E-state index contributed by atoms with van der Waals surface area (Å²) in [6.07, 6.45) is 3.14. The SMILES string of the molecule is O=C(NCC1Cc2c(F)ccc(-c3ccncc3)c2O1)c1cc(Cl)ccc1F. The zero-order chi connectivity index (χ0) is 19.7. The number of carbonyl (C=O) groups excluding carboxylic acids is 1. The van der Waals surface area contributed by atoms with E-state index in [1.54, 1.807) is 18.5 Å². The Morgan fingerprint density at radius 3 is 2.68 bits per heavy atom. The van der Waals surface area contributed by atoms with E-state index in [9.17, 15) is 13.6 Å². The van der Waals surface area contributed by atoms with Crippen LogP contribution in [0.3, 0.4) is 0 Å². The first kappa shape index (κ1) is 18.4. The first-order valence-corrected chi connectivity index (χ1v) is 9.02. The predicted molar refractivity (Wildman–Crippen MR) is 101 cm³/mol. The monoisotopic (exact) mass is 400 g/mol. The molecule has 4 rings (SSSR count). The second-order valence-corrected chi connectivity index (χ2v) is 6.85. The number of hydrogen-bond acceptors (Lipinski definition) is 3. The standard InChI is InChI=1S/C21H15ClF2N2O2/c22-13-1-3-19(24)17(9-13)21(27)26-11-14-10-16-18(23)4-2-15(20(16)28-14)12-5-7-25-8-6-12/h1-9,14H,10-11H2,(H,26,27). The number of pyridine rings is 1. The fourth-order valence-electron chi connectivity index (χ4n) is 3.21. The minimum atomic E-state index is -0.663. The van der Waals surface area contributed by atoms with E-state index in [0.29, 0.717) is 17.7 Å². The van der Waals surface area contributed by atoms with Crippen molar-refractivity contribution in [1.82, 2.24) is 10.3 Å². The van der Waals surface area contributed by atoms with Gasteiger partial charge in [0.2, 0.25) is 0 Å². The molecule has 1 aliphatic heterocycles. The van der Waals surface area contributed by atoms with Crippen molar-refractivity contribution in [2.45, 2.75) is 12.5 Å². The van der Waals surface area contributed by atoms with Crippen LogP contribution in [0.15, 0.2) is 54.9 Å². The highest BCUT2D eigenvalue weighted by atomic mass is 35.5. The maximum absolute atomic E-state index is 14.3. The molecule has 1 amide bonds. The lowest BCUT2D eigenvalue weighted by atomic mass is 10.0. The molecule has 0 bridgehead atoms. The molecule has 0 aliphatic carbocycles. The number of aromatic nitrogens is 1. The summed E-state index contributed by atoms with van der Waals surface area (Å²) in [7, 11) is 0. The van der Waals surface area contributed by atoms with Gasteiger partial charge in [0.25, 0.3) is 5.91 Å². The number of nitrogens with zero attached hydrogens (tertiary/aromatic N) is 1. The van der Waals surface area contributed by atoms with Crippen molar-refractivity contribution in [1.29, 1.82) is 0 Å². The molecule has 1 aliphatic rings. The molecule has 0 saturated carbocycles. The molecule has 0 saturated heterocycles. The predicted octanol–water partition coefficient (Wildman–Crippen LogP) is 4.41. The Kier molecular flexibility index (Phi) is 4.96. The number of fused-ring (bicyclic) bond motifs is 1. The molecule has 1 unspecified atom stereocenters. The van der Waals surface area contributed by atoms with Crippen LogP contribution in [0.1, 0.15) is 15.9 Å². The van der Waals surface area contributed by atoms with Gasteiger partial charge in [-0.15, -0.1) is 0 Å². The van der Waals surface area contributed by atoms with Crippen molar-refractivity contribution in [2.24, 2.45) is 0 Å². The molecule has 28 heavy (non-hydrogen) atoms. The molecular weight excluding hydrogens is 386 g/mol. The van der Waals surface area contributed by atoms with Gasteiger partial charge >= 0.3 is 0 Å². The Morgan fingerprint density at radius 1 is 1.14 bits per heavy atom. The number of nitrogens with one attached hydrogen (secondary N) is 1. The van der Waals surface area contributed by atoms with Gasteiger partial charge < -0.3 is 10.1 Å². The van der Waals surface area contributed by atoms with Crippen LogP contribution in [-0.2, 0) is 6.42 Å². The minimum absolute atomic E-state index is 0.106. The van der Waals surface area contributed by atoms with Crippen molar-refractivity contribution < 1.29 is 18.3 Å². The molecule has 1 aromatic heterocycles. The average molecular weight is 401 g/mol. The van der Waals surface area contributed by atoms with Crippen molar-refractivity contribution in [3.05, 3.63) is 82.6 Å². The molecule has 142 valence electrons. The number of amides is 1. The highest BCUT2D eigenvalue weighted by Gasteiger charge is 2.29. The Hall–Kier alpha value is -2.99. The second kappa shape index (κ2) is 7.56. The Labute approximate surface area is 165 Å². The number of hydrogen-bond donors (Lipinski definition) is 1. The maximum Gasteiger partial charge on any atom is 0.254 e. The van der Waals surface area contributed by atoms with E-state index in [1.807, 2.05) is 12.1 Å². The summed E-state index contributed by atoms with van der Waals surface area (Å²) in [5.74, 6) is -1.17. The quantitative estimate of drug-likeness (QED) is 0.705. The molecule has 3 aromatic rings. The van der Waals surface area contributed by atoms with Crippen molar-refractivity contribution in [2.75, 3.05) is 6.54 Å². The van der Waals surface area contributed by atoms with Gasteiger partial charge in [0.1, 0.15) is 23.5 Å². The Bertz CT molecular complexity index is 1040. The number of halogens is 3. The highest BCUT2D eigenvalue weighted by molar-refractivity contribution is 6.31. The second-order valence-electron chi connectivity index (χ2n) is 6.42. The van der Waals surface area contributed by atoms with Crippen molar-refractivity contribution >= 4 is 17.5 Å². The van der Waals surface area contributed by atoms with Crippen LogP contribution in [0.4, 0.5) is 8.78 Å². The van der Waals surface area contributed by atoms with Gasteiger partial charge in [-0.05, 0) is 48.0 Å². The normalized spacial score (nSPS) is 15.0. The summed E-state index contributed by atoms with van der Waals surface area (Å²) in [6, 6.07) is 10.5. The molecule has 0 spiro atoms. The summed E-state index contributed by atoms with van der Waals surface area (Å²) in [6.45, 7) is 0.106. The minimum Gasteiger partial charge on any atom is -0.487 e. The van der Waals surface area contributed by atoms with Crippen LogP contribution in [-0.4, -0.2) is 23.5 Å². The molecule has 1 N–H and O–H groups in total. The van der Waals surface area contributed by atoms with Crippen LogP contribution >= 0.6 is 11.6 Å². The Morgan fingerprint density at radius 2 is 1.89 bits per heavy atom. The van der Waals surface area contributed by atoms with Gasteiger partial charge in [-0.3, -0.25) is 9.78 Å². The molecule has 1 atom stereocenters. The van der Waals surface area contributed by atoms with E-state index in [4.69, 9.17) is 16.3 Å². The van der Waals surface area contributed by atoms with Gasteiger partial charge in [-0.1, -0.05) is 11.6 Å². The summed E-state index contributed by atoms with van der Waals surface area (Å²) >= 11 is 5.82. The number of rotatable bonds is 4. The molecule has 0 radical (unpaired) electrons. The smallest absolute Gasteiger partial charge is 0.254 e. The zero-order valence-corrected chi connectivity index (χ0v) is 15.3. The van der Waals surface area contributed by atoms with E-state index in [-0.39, 0.29) is 22.9 Å². The van der Waals surface area contributed by atoms with E-state index >= 15 is 0 Å². The number of carbonyl (C=O) groups is 1. The van der Waals surface area contributed by atoms with Crippen LogP contribution < -0.4 is 10.1 Å². The van der Waals surface area contributed by atoms with Crippen LogP contribution in [0.25, 0.3) is 11.1 Å². The topological polar surface area (TPSA) is 51.2 Å². The van der Waals surface area contributed by atoms with Crippen LogP contribution in [0.2, 0.25) is 5.02 Å². The molecule has 0 fully saturated rings. The molecular formula is C21H15ClF2N2O2. The number of ether oxygens (including phenoxy) is 1. The van der Waals surface area contributed by atoms with Crippen LogP contribution in [0.5, 0.6) is 5.75 Å².